The Morgan fingerprint density at radius 3 is 3.00 bits per heavy atom. The molecule has 0 aliphatic carbocycles. The summed E-state index contributed by atoms with van der Waals surface area (Å²) in [6.45, 7) is 2.37. The molecular formula is C7H11N3O2. The zero-order chi connectivity index (χ0) is 8.97. The van der Waals surface area contributed by atoms with E-state index in [-0.39, 0.29) is 6.42 Å². The molecule has 0 aromatic carbocycles. The summed E-state index contributed by atoms with van der Waals surface area (Å²) in [7, 11) is 0. The standard InChI is InChI=1S/C7H11N3O2/c1-2-6-5-10(9-8-6)4-3-7(11)12/h5H,2-4H2,1H3,(H,11,12). The molecule has 1 N–H and O–H groups in total. The molecule has 0 radical (unpaired) electrons. The third-order valence-electron chi connectivity index (χ3n) is 1.50. The highest BCUT2D eigenvalue weighted by Gasteiger charge is 2.00. The van der Waals surface area contributed by atoms with Crippen molar-refractivity contribution >= 4 is 5.97 Å². The van der Waals surface area contributed by atoms with E-state index in [0.717, 1.165) is 12.1 Å². The molecule has 5 nitrogen and oxygen atoms in total. The van der Waals surface area contributed by atoms with E-state index in [1.165, 1.54) is 0 Å². The van der Waals surface area contributed by atoms with E-state index in [0.29, 0.717) is 6.54 Å². The van der Waals surface area contributed by atoms with Crippen molar-refractivity contribution in [1.29, 1.82) is 0 Å². The van der Waals surface area contributed by atoms with Crippen molar-refractivity contribution in [2.45, 2.75) is 26.3 Å². The van der Waals surface area contributed by atoms with Gasteiger partial charge in [-0.3, -0.25) is 9.48 Å². The lowest BCUT2D eigenvalue weighted by atomic mass is 10.4. The summed E-state index contributed by atoms with van der Waals surface area (Å²) in [5.74, 6) is -0.816. The number of carboxylic acid groups (broad SMARTS) is 1. The second-order valence-electron chi connectivity index (χ2n) is 2.47. The molecule has 0 aliphatic rings. The Morgan fingerprint density at radius 2 is 2.50 bits per heavy atom. The molecule has 0 unspecified atom stereocenters. The predicted molar refractivity (Wildman–Crippen MR) is 41.7 cm³/mol. The van der Waals surface area contributed by atoms with Crippen LogP contribution >= 0.6 is 0 Å². The number of carbonyl (C=O) groups is 1. The second kappa shape index (κ2) is 3.85. The van der Waals surface area contributed by atoms with Crippen LogP contribution < -0.4 is 0 Å². The van der Waals surface area contributed by atoms with E-state index >= 15 is 0 Å². The summed E-state index contributed by atoms with van der Waals surface area (Å²) in [6.07, 6.45) is 2.68. The van der Waals surface area contributed by atoms with Crippen molar-refractivity contribution in [1.82, 2.24) is 15.0 Å². The molecule has 1 heterocycles. The minimum Gasteiger partial charge on any atom is -0.481 e. The first-order chi connectivity index (χ1) is 5.72. The molecule has 5 heteroatoms. The van der Waals surface area contributed by atoms with Crippen molar-refractivity contribution in [3.8, 4) is 0 Å². The average Bonchev–Trinajstić information content (AvgIpc) is 2.48. The van der Waals surface area contributed by atoms with E-state index < -0.39 is 5.97 Å². The maximum absolute atomic E-state index is 10.2. The Balaban J connectivity index is 2.47. The minimum absolute atomic E-state index is 0.0898. The second-order valence-corrected chi connectivity index (χ2v) is 2.47. The number of carboxylic acids is 1. The number of hydrogen-bond acceptors (Lipinski definition) is 3. The fraction of sp³-hybridized carbons (Fsp3) is 0.571. The molecule has 66 valence electrons. The molecule has 1 aromatic heterocycles. The molecule has 1 rings (SSSR count). The molecule has 0 fully saturated rings. The van der Waals surface area contributed by atoms with Crippen LogP contribution in [0, 0.1) is 0 Å². The van der Waals surface area contributed by atoms with Gasteiger partial charge in [-0.1, -0.05) is 12.1 Å². The summed E-state index contributed by atoms with van der Waals surface area (Å²) in [4.78, 5) is 10.2. The first-order valence-corrected chi connectivity index (χ1v) is 3.83. The quantitative estimate of drug-likeness (QED) is 0.704. The van der Waals surface area contributed by atoms with Gasteiger partial charge in [0.15, 0.2) is 0 Å². The predicted octanol–water partition coefficient (Wildman–Crippen LogP) is 0.315. The smallest absolute Gasteiger partial charge is 0.305 e. The lowest BCUT2D eigenvalue weighted by molar-refractivity contribution is -0.137. The molecule has 0 aliphatic heterocycles. The van der Waals surface area contributed by atoms with E-state index in [4.69, 9.17) is 5.11 Å². The van der Waals surface area contributed by atoms with Crippen molar-refractivity contribution in [2.24, 2.45) is 0 Å². The lowest BCUT2D eigenvalue weighted by Gasteiger charge is -1.93. The summed E-state index contributed by atoms with van der Waals surface area (Å²) < 4.78 is 1.55. The van der Waals surface area contributed by atoms with Crippen LogP contribution in [0.1, 0.15) is 19.0 Å². The monoisotopic (exact) mass is 169 g/mol. The molecule has 0 atom stereocenters. The molecular weight excluding hydrogens is 158 g/mol. The number of rotatable bonds is 4. The minimum atomic E-state index is -0.816. The van der Waals surface area contributed by atoms with Crippen LogP contribution in [0.3, 0.4) is 0 Å². The summed E-state index contributed by atoms with van der Waals surface area (Å²) in [5, 5.41) is 16.0. The summed E-state index contributed by atoms with van der Waals surface area (Å²) in [5.41, 5.74) is 0.889. The van der Waals surface area contributed by atoms with Gasteiger partial charge in [0.05, 0.1) is 18.7 Å². The van der Waals surface area contributed by atoms with Crippen LogP contribution in [0.2, 0.25) is 0 Å². The van der Waals surface area contributed by atoms with E-state index in [1.807, 2.05) is 6.92 Å². The van der Waals surface area contributed by atoms with Crippen molar-refractivity contribution in [2.75, 3.05) is 0 Å². The van der Waals surface area contributed by atoms with Gasteiger partial charge in [-0.15, -0.1) is 5.10 Å². The van der Waals surface area contributed by atoms with Gasteiger partial charge in [0, 0.05) is 6.20 Å². The van der Waals surface area contributed by atoms with Crippen LogP contribution in [0.4, 0.5) is 0 Å². The largest absolute Gasteiger partial charge is 0.481 e. The van der Waals surface area contributed by atoms with Crippen LogP contribution in [0.15, 0.2) is 6.20 Å². The highest BCUT2D eigenvalue weighted by atomic mass is 16.4. The maximum atomic E-state index is 10.2. The van der Waals surface area contributed by atoms with Gasteiger partial charge in [0.25, 0.3) is 0 Å². The highest BCUT2D eigenvalue weighted by molar-refractivity contribution is 5.66. The Morgan fingerprint density at radius 1 is 1.75 bits per heavy atom. The Bertz CT molecular complexity index is 269. The number of aryl methyl sites for hydroxylation is 2. The fourth-order valence-corrected chi connectivity index (χ4v) is 0.820. The average molecular weight is 169 g/mol. The maximum Gasteiger partial charge on any atom is 0.305 e. The van der Waals surface area contributed by atoms with Gasteiger partial charge >= 0.3 is 5.97 Å². The van der Waals surface area contributed by atoms with Gasteiger partial charge in [-0.05, 0) is 6.42 Å². The zero-order valence-corrected chi connectivity index (χ0v) is 6.90. The Hall–Kier alpha value is -1.39. The van der Waals surface area contributed by atoms with Crippen LogP contribution in [-0.4, -0.2) is 26.1 Å². The normalized spacial score (nSPS) is 10.1. The number of aromatic nitrogens is 3. The lowest BCUT2D eigenvalue weighted by Crippen LogP contribution is -2.04. The number of aliphatic carboxylic acids is 1. The molecule has 0 saturated heterocycles. The van der Waals surface area contributed by atoms with Crippen LogP contribution in [0.25, 0.3) is 0 Å². The number of hydrogen-bond donors (Lipinski definition) is 1. The van der Waals surface area contributed by atoms with Gasteiger partial charge < -0.3 is 5.11 Å². The summed E-state index contributed by atoms with van der Waals surface area (Å²) >= 11 is 0. The van der Waals surface area contributed by atoms with Gasteiger partial charge in [-0.25, -0.2) is 0 Å². The van der Waals surface area contributed by atoms with Crippen molar-refractivity contribution < 1.29 is 9.90 Å². The van der Waals surface area contributed by atoms with Crippen molar-refractivity contribution in [3.05, 3.63) is 11.9 Å². The van der Waals surface area contributed by atoms with Gasteiger partial charge in [0.1, 0.15) is 0 Å². The van der Waals surface area contributed by atoms with E-state index in [2.05, 4.69) is 10.3 Å². The van der Waals surface area contributed by atoms with Crippen molar-refractivity contribution in [3.63, 3.8) is 0 Å². The Kier molecular flexibility index (Phi) is 2.79. The molecule has 1 aromatic rings. The highest BCUT2D eigenvalue weighted by Crippen LogP contribution is 1.94. The SMILES string of the molecule is CCc1cn(CCC(=O)O)nn1. The zero-order valence-electron chi connectivity index (χ0n) is 6.90. The number of nitrogens with zero attached hydrogens (tertiary/aromatic N) is 3. The first-order valence-electron chi connectivity index (χ1n) is 3.83. The summed E-state index contributed by atoms with van der Waals surface area (Å²) in [6, 6.07) is 0. The fourth-order valence-electron chi connectivity index (χ4n) is 0.820. The molecule has 0 amide bonds. The molecule has 12 heavy (non-hydrogen) atoms. The Labute approximate surface area is 70.0 Å². The van der Waals surface area contributed by atoms with Gasteiger partial charge in [0.2, 0.25) is 0 Å². The van der Waals surface area contributed by atoms with E-state index in [1.54, 1.807) is 10.9 Å². The third kappa shape index (κ3) is 2.34. The molecule has 0 saturated carbocycles. The first kappa shape index (κ1) is 8.70. The third-order valence-corrected chi connectivity index (χ3v) is 1.50. The van der Waals surface area contributed by atoms with Gasteiger partial charge in [-0.2, -0.15) is 0 Å². The van der Waals surface area contributed by atoms with Crippen LogP contribution in [0.5, 0.6) is 0 Å². The molecule has 0 bridgehead atoms. The topological polar surface area (TPSA) is 68.0 Å². The van der Waals surface area contributed by atoms with E-state index in [9.17, 15) is 4.79 Å². The van der Waals surface area contributed by atoms with Crippen LogP contribution in [-0.2, 0) is 17.8 Å². The molecule has 0 spiro atoms.